The van der Waals surface area contributed by atoms with Gasteiger partial charge in [0.15, 0.2) is 5.75 Å². The molecule has 1 heterocycles. The Labute approximate surface area is 119 Å². The third-order valence-corrected chi connectivity index (χ3v) is 2.99. The molecule has 21 heavy (non-hydrogen) atoms. The molecule has 0 aliphatic rings. The number of pyridine rings is 1. The maximum Gasteiger partial charge on any atom is 0.341 e. The van der Waals surface area contributed by atoms with Gasteiger partial charge in [0.2, 0.25) is 5.43 Å². The predicted octanol–water partition coefficient (Wildman–Crippen LogP) is 1.89. The van der Waals surface area contributed by atoms with E-state index >= 15 is 0 Å². The van der Waals surface area contributed by atoms with Crippen LogP contribution in [0, 0.1) is 4.91 Å². The van der Waals surface area contributed by atoms with E-state index in [1.54, 1.807) is 24.3 Å². The van der Waals surface area contributed by atoms with Crippen LogP contribution in [0.1, 0.15) is 15.9 Å². The fourth-order valence-electron chi connectivity index (χ4n) is 1.88. The van der Waals surface area contributed by atoms with Crippen molar-refractivity contribution in [3.63, 3.8) is 0 Å². The number of nitroso groups, excluding NO2 is 1. The molecule has 0 radical (unpaired) electrons. The monoisotopic (exact) mass is 288 g/mol. The normalized spacial score (nSPS) is 10.3. The molecule has 2 aromatic rings. The van der Waals surface area contributed by atoms with Gasteiger partial charge in [-0.3, -0.25) is 4.79 Å². The molecule has 0 spiro atoms. The van der Waals surface area contributed by atoms with Crippen LogP contribution in [0.15, 0.2) is 46.6 Å². The summed E-state index contributed by atoms with van der Waals surface area (Å²) < 4.78 is 1.44. The molecule has 0 aliphatic heterocycles. The second-order valence-corrected chi connectivity index (χ2v) is 4.44. The minimum atomic E-state index is -1.38. The maximum atomic E-state index is 11.4. The van der Waals surface area contributed by atoms with Crippen LogP contribution in [0.4, 0.5) is 5.69 Å². The predicted molar refractivity (Wildman–Crippen MR) is 74.9 cm³/mol. The average molecular weight is 288 g/mol. The van der Waals surface area contributed by atoms with Crippen LogP contribution in [0.2, 0.25) is 0 Å². The van der Waals surface area contributed by atoms with Crippen LogP contribution in [-0.4, -0.2) is 20.7 Å². The molecule has 7 heteroatoms. The van der Waals surface area contributed by atoms with Crippen molar-refractivity contribution in [1.29, 1.82) is 0 Å². The highest BCUT2D eigenvalue weighted by atomic mass is 16.4. The Bertz CT molecular complexity index is 734. The SMILES string of the molecule is O=Nc1ccc(CCn2cc(O)c(=O)c(C(=O)O)c2)cc1. The molecule has 0 atom stereocenters. The molecule has 0 bridgehead atoms. The highest BCUT2D eigenvalue weighted by Gasteiger charge is 2.13. The largest absolute Gasteiger partial charge is 0.503 e. The van der Waals surface area contributed by atoms with Crippen LogP contribution in [0.3, 0.4) is 0 Å². The van der Waals surface area contributed by atoms with Gasteiger partial charge in [0.25, 0.3) is 0 Å². The Morgan fingerprint density at radius 1 is 1.19 bits per heavy atom. The zero-order valence-corrected chi connectivity index (χ0v) is 10.9. The third kappa shape index (κ3) is 3.33. The first kappa shape index (κ1) is 14.4. The summed E-state index contributed by atoms with van der Waals surface area (Å²) in [6.45, 7) is 0.377. The number of rotatable bonds is 5. The van der Waals surface area contributed by atoms with Crippen molar-refractivity contribution in [2.45, 2.75) is 13.0 Å². The summed E-state index contributed by atoms with van der Waals surface area (Å²) >= 11 is 0. The minimum Gasteiger partial charge on any atom is -0.503 e. The molecule has 7 nitrogen and oxygen atoms in total. The van der Waals surface area contributed by atoms with Gasteiger partial charge in [-0.05, 0) is 29.3 Å². The third-order valence-electron chi connectivity index (χ3n) is 2.99. The van der Waals surface area contributed by atoms with E-state index in [2.05, 4.69) is 5.18 Å². The molecular formula is C14H12N2O5. The summed E-state index contributed by atoms with van der Waals surface area (Å²) in [6.07, 6.45) is 2.92. The highest BCUT2D eigenvalue weighted by molar-refractivity contribution is 5.87. The van der Waals surface area contributed by atoms with E-state index in [1.807, 2.05) is 0 Å². The summed E-state index contributed by atoms with van der Waals surface area (Å²) in [7, 11) is 0. The van der Waals surface area contributed by atoms with Crippen molar-refractivity contribution in [3.8, 4) is 5.75 Å². The summed E-state index contributed by atoms with van der Waals surface area (Å²) in [5.41, 5.74) is -0.138. The molecule has 0 saturated carbocycles. The number of aromatic carboxylic acids is 1. The number of carboxylic acid groups (broad SMARTS) is 1. The van der Waals surface area contributed by atoms with Gasteiger partial charge < -0.3 is 14.8 Å². The van der Waals surface area contributed by atoms with Gasteiger partial charge in [0.1, 0.15) is 11.3 Å². The molecule has 1 aromatic heterocycles. The van der Waals surface area contributed by atoms with E-state index in [-0.39, 0.29) is 0 Å². The van der Waals surface area contributed by atoms with Crippen molar-refractivity contribution in [1.82, 2.24) is 4.57 Å². The summed E-state index contributed by atoms with van der Waals surface area (Å²) in [4.78, 5) is 32.6. The molecule has 2 N–H and O–H groups in total. The molecule has 1 aromatic carbocycles. The van der Waals surface area contributed by atoms with Crippen LogP contribution < -0.4 is 5.43 Å². The fraction of sp³-hybridized carbons (Fsp3) is 0.143. The zero-order chi connectivity index (χ0) is 15.4. The second-order valence-electron chi connectivity index (χ2n) is 4.44. The Morgan fingerprint density at radius 2 is 1.86 bits per heavy atom. The van der Waals surface area contributed by atoms with Gasteiger partial charge in [-0.15, -0.1) is 4.91 Å². The van der Waals surface area contributed by atoms with Crippen molar-refractivity contribution in [3.05, 3.63) is 62.9 Å². The van der Waals surface area contributed by atoms with Crippen LogP contribution in [0.5, 0.6) is 5.75 Å². The maximum absolute atomic E-state index is 11.4. The first-order valence-electron chi connectivity index (χ1n) is 6.10. The fourth-order valence-corrected chi connectivity index (χ4v) is 1.88. The van der Waals surface area contributed by atoms with Crippen molar-refractivity contribution >= 4 is 11.7 Å². The number of carbonyl (C=O) groups is 1. The number of aromatic nitrogens is 1. The number of hydrogen-bond acceptors (Lipinski definition) is 5. The van der Waals surface area contributed by atoms with Gasteiger partial charge in [0.05, 0.1) is 0 Å². The lowest BCUT2D eigenvalue weighted by atomic mass is 10.1. The van der Waals surface area contributed by atoms with E-state index in [1.165, 1.54) is 17.0 Å². The summed E-state index contributed by atoms with van der Waals surface area (Å²) in [5, 5.41) is 21.1. The van der Waals surface area contributed by atoms with Crippen molar-refractivity contribution < 1.29 is 15.0 Å². The summed E-state index contributed by atoms with van der Waals surface area (Å²) in [5.74, 6) is -1.98. The highest BCUT2D eigenvalue weighted by Crippen LogP contribution is 2.13. The standard InChI is InChI=1S/C14H12N2O5/c17-12-8-16(7-11(13(12)18)14(19)20)6-5-9-1-3-10(15-21)4-2-9/h1-4,7-8,17H,5-6H2,(H,19,20). The van der Waals surface area contributed by atoms with E-state index in [0.717, 1.165) is 5.56 Å². The van der Waals surface area contributed by atoms with Crippen LogP contribution >= 0.6 is 0 Å². The van der Waals surface area contributed by atoms with Crippen LogP contribution in [-0.2, 0) is 13.0 Å². The molecule has 0 amide bonds. The van der Waals surface area contributed by atoms with Gasteiger partial charge in [0, 0.05) is 18.9 Å². The number of nitrogens with zero attached hydrogens (tertiary/aromatic N) is 2. The molecule has 108 valence electrons. The Kier molecular flexibility index (Phi) is 4.13. The van der Waals surface area contributed by atoms with Gasteiger partial charge in [-0.2, -0.15) is 0 Å². The lowest BCUT2D eigenvalue weighted by molar-refractivity contribution is 0.0694. The molecule has 0 unspecified atom stereocenters. The van der Waals surface area contributed by atoms with Crippen molar-refractivity contribution in [2.75, 3.05) is 0 Å². The quantitative estimate of drug-likeness (QED) is 0.816. The zero-order valence-electron chi connectivity index (χ0n) is 10.9. The lowest BCUT2D eigenvalue weighted by Crippen LogP contribution is -2.17. The Morgan fingerprint density at radius 3 is 2.43 bits per heavy atom. The Balaban J connectivity index is 2.17. The minimum absolute atomic E-state index is 0.327. The van der Waals surface area contributed by atoms with Gasteiger partial charge in [-0.25, -0.2) is 4.79 Å². The van der Waals surface area contributed by atoms with Gasteiger partial charge >= 0.3 is 5.97 Å². The number of carboxylic acids is 1. The van der Waals surface area contributed by atoms with Crippen molar-refractivity contribution in [2.24, 2.45) is 5.18 Å². The van der Waals surface area contributed by atoms with E-state index in [9.17, 15) is 19.6 Å². The molecule has 0 fully saturated rings. The molecular weight excluding hydrogens is 276 g/mol. The smallest absolute Gasteiger partial charge is 0.341 e. The molecule has 2 rings (SSSR count). The Hall–Kier alpha value is -2.96. The number of aromatic hydroxyl groups is 1. The average Bonchev–Trinajstić information content (AvgIpc) is 2.48. The topological polar surface area (TPSA) is 109 Å². The van der Waals surface area contributed by atoms with Gasteiger partial charge in [-0.1, -0.05) is 12.1 Å². The number of benzene rings is 1. The lowest BCUT2D eigenvalue weighted by Gasteiger charge is -2.08. The van der Waals surface area contributed by atoms with Crippen LogP contribution in [0.25, 0.3) is 0 Å². The number of hydrogen-bond donors (Lipinski definition) is 2. The summed E-state index contributed by atoms with van der Waals surface area (Å²) in [6, 6.07) is 6.62. The molecule has 0 aliphatic carbocycles. The van der Waals surface area contributed by atoms with E-state index in [0.29, 0.717) is 18.7 Å². The number of aryl methyl sites for hydroxylation is 2. The van der Waals surface area contributed by atoms with E-state index in [4.69, 9.17) is 5.11 Å². The van der Waals surface area contributed by atoms with E-state index < -0.39 is 22.7 Å². The second kappa shape index (κ2) is 6.00. The molecule has 0 saturated heterocycles. The first-order chi connectivity index (χ1) is 10.0. The first-order valence-corrected chi connectivity index (χ1v) is 6.10.